The molecule has 5 amide bonds. The Balaban J connectivity index is 1.05. The van der Waals surface area contributed by atoms with Crippen LogP contribution in [0.15, 0.2) is 47.5 Å². The Morgan fingerprint density at radius 3 is 2.45 bits per heavy atom. The second kappa shape index (κ2) is 14.6. The zero-order valence-corrected chi connectivity index (χ0v) is 29.9. The van der Waals surface area contributed by atoms with Gasteiger partial charge in [0, 0.05) is 46.2 Å². The number of aliphatic imine (C=N–C) groups is 1. The summed E-state index contributed by atoms with van der Waals surface area (Å²) in [6.45, 7) is 6.55. The molecule has 5 N–H and O–H groups in total. The van der Waals surface area contributed by atoms with E-state index in [-0.39, 0.29) is 48.0 Å². The molecule has 1 unspecified atom stereocenters. The third-order valence-electron chi connectivity index (χ3n) is 9.17. The maximum absolute atomic E-state index is 13.2. The van der Waals surface area contributed by atoms with Gasteiger partial charge in [0.25, 0.3) is 11.8 Å². The van der Waals surface area contributed by atoms with Crippen LogP contribution in [0, 0.1) is 24.7 Å². The molecule has 15 heteroatoms. The number of imide groups is 2. The van der Waals surface area contributed by atoms with Crippen molar-refractivity contribution in [1.82, 2.24) is 15.5 Å². The quantitative estimate of drug-likeness (QED) is 0.0857. The summed E-state index contributed by atoms with van der Waals surface area (Å²) >= 11 is 7.67. The number of aryl methyl sites for hydroxylation is 1. The molecule has 2 atom stereocenters. The zero-order chi connectivity index (χ0) is 36.6. The van der Waals surface area contributed by atoms with Gasteiger partial charge in [0.15, 0.2) is 0 Å². The van der Waals surface area contributed by atoms with Gasteiger partial charge >= 0.3 is 0 Å². The Labute approximate surface area is 303 Å². The Kier molecular flexibility index (Phi) is 10.2. The van der Waals surface area contributed by atoms with Crippen LogP contribution < -0.4 is 20.9 Å². The van der Waals surface area contributed by atoms with E-state index in [0.717, 1.165) is 31.5 Å². The molecule has 0 radical (unpaired) electrons. The van der Waals surface area contributed by atoms with Crippen molar-refractivity contribution < 1.29 is 24.0 Å². The number of unbranched alkanes of at least 4 members (excludes halogenated alkanes) is 1. The highest BCUT2D eigenvalue weighted by atomic mass is 35.5. The molecule has 3 aromatic rings. The Morgan fingerprint density at radius 1 is 1.04 bits per heavy atom. The average Bonchev–Trinajstić information content (AvgIpc) is 3.46. The summed E-state index contributed by atoms with van der Waals surface area (Å²) in [6, 6.07) is 10.3. The number of anilines is 2. The number of nitrogens with one attached hydrogen (secondary N) is 5. The molecular formula is C36H37ClN8O5S. The predicted molar refractivity (Wildman–Crippen MR) is 197 cm³/mol. The van der Waals surface area contributed by atoms with Gasteiger partial charge in [-0.15, -0.1) is 11.3 Å². The van der Waals surface area contributed by atoms with E-state index < -0.39 is 35.7 Å². The highest BCUT2D eigenvalue weighted by molar-refractivity contribution is 7.17. The van der Waals surface area contributed by atoms with Gasteiger partial charge in [-0.25, -0.2) is 0 Å². The van der Waals surface area contributed by atoms with E-state index >= 15 is 0 Å². The van der Waals surface area contributed by atoms with Crippen LogP contribution in [0.3, 0.4) is 0 Å². The van der Waals surface area contributed by atoms with Gasteiger partial charge in [0.1, 0.15) is 28.8 Å². The predicted octanol–water partition coefficient (Wildman–Crippen LogP) is 4.82. The minimum absolute atomic E-state index is 0.0548. The molecule has 0 aliphatic carbocycles. The van der Waals surface area contributed by atoms with Crippen molar-refractivity contribution in [3.05, 3.63) is 80.2 Å². The van der Waals surface area contributed by atoms with E-state index in [2.05, 4.69) is 16.0 Å². The van der Waals surface area contributed by atoms with Gasteiger partial charge in [-0.3, -0.25) is 54.9 Å². The van der Waals surface area contributed by atoms with Crippen molar-refractivity contribution in [1.29, 1.82) is 10.8 Å². The molecule has 1 aromatic heterocycles. The molecule has 3 aliphatic heterocycles. The third kappa shape index (κ3) is 7.06. The molecule has 0 spiro atoms. The molecule has 1 fully saturated rings. The normalized spacial score (nSPS) is 18.6. The summed E-state index contributed by atoms with van der Waals surface area (Å²) in [7, 11) is 0. The monoisotopic (exact) mass is 728 g/mol. The number of amides is 5. The molecular weight excluding hydrogens is 692 g/mol. The topological polar surface area (TPSA) is 188 Å². The second-order valence-corrected chi connectivity index (χ2v) is 14.3. The minimum Gasteiger partial charge on any atom is -0.385 e. The molecule has 3 aliphatic rings. The Morgan fingerprint density at radius 2 is 1.75 bits per heavy atom. The first-order valence-electron chi connectivity index (χ1n) is 16.6. The minimum atomic E-state index is -1.02. The lowest BCUT2D eigenvalue weighted by molar-refractivity contribution is -0.136. The zero-order valence-electron chi connectivity index (χ0n) is 28.3. The first-order chi connectivity index (χ1) is 24.3. The van der Waals surface area contributed by atoms with Gasteiger partial charge in [-0.1, -0.05) is 23.7 Å². The molecule has 13 nitrogen and oxygen atoms in total. The van der Waals surface area contributed by atoms with E-state index in [1.807, 2.05) is 26.0 Å². The lowest BCUT2D eigenvalue weighted by Gasteiger charge is -2.27. The van der Waals surface area contributed by atoms with E-state index in [0.29, 0.717) is 42.4 Å². The third-order valence-corrected chi connectivity index (χ3v) is 10.6. The average molecular weight is 729 g/mol. The summed E-state index contributed by atoms with van der Waals surface area (Å²) < 4.78 is 0. The van der Waals surface area contributed by atoms with Crippen LogP contribution in [0.2, 0.25) is 5.02 Å². The number of carbonyl (C=O) groups is 5. The number of halogens is 1. The van der Waals surface area contributed by atoms with Crippen molar-refractivity contribution in [3.8, 4) is 0 Å². The number of carbonyl (C=O) groups excluding carboxylic acids is 5. The number of fused-ring (bicyclic) bond motifs is 2. The van der Waals surface area contributed by atoms with Gasteiger partial charge < -0.3 is 10.6 Å². The molecule has 264 valence electrons. The number of amidine groups is 2. The fourth-order valence-electron chi connectivity index (χ4n) is 6.43. The van der Waals surface area contributed by atoms with Crippen molar-refractivity contribution in [3.63, 3.8) is 0 Å². The first kappa shape index (κ1) is 35.6. The maximum Gasteiger partial charge on any atom is 0.262 e. The molecule has 51 heavy (non-hydrogen) atoms. The van der Waals surface area contributed by atoms with Crippen LogP contribution >= 0.6 is 22.9 Å². The number of hydrogen-bond acceptors (Lipinski definition) is 10. The van der Waals surface area contributed by atoms with Gasteiger partial charge in [0.2, 0.25) is 17.7 Å². The van der Waals surface area contributed by atoms with Crippen LogP contribution in [0.1, 0.15) is 81.3 Å². The molecule has 6 rings (SSSR count). The van der Waals surface area contributed by atoms with Crippen LogP contribution in [-0.2, 0) is 14.4 Å². The van der Waals surface area contributed by atoms with Crippen molar-refractivity contribution in [2.45, 2.75) is 65.0 Å². The fourth-order valence-corrected chi connectivity index (χ4v) is 7.78. The number of hydrogen-bond donors (Lipinski definition) is 5. The van der Waals surface area contributed by atoms with Gasteiger partial charge in [0.05, 0.1) is 23.3 Å². The summed E-state index contributed by atoms with van der Waals surface area (Å²) in [5, 5.41) is 27.3. The van der Waals surface area contributed by atoms with E-state index in [1.165, 1.54) is 11.3 Å². The number of benzene rings is 2. The highest BCUT2D eigenvalue weighted by Crippen LogP contribution is 2.40. The van der Waals surface area contributed by atoms with Crippen LogP contribution in [0.4, 0.5) is 10.7 Å². The van der Waals surface area contributed by atoms with E-state index in [4.69, 9.17) is 27.4 Å². The highest BCUT2D eigenvalue weighted by Gasteiger charge is 2.44. The first-order valence-corrected chi connectivity index (χ1v) is 17.8. The van der Waals surface area contributed by atoms with Gasteiger partial charge in [-0.05, 0) is 75.9 Å². The molecule has 0 saturated carbocycles. The molecule has 1 saturated heterocycles. The fraction of sp³-hybridized carbons (Fsp3) is 0.333. The number of nitrogens with zero attached hydrogens (tertiary/aromatic N) is 3. The van der Waals surface area contributed by atoms with E-state index in [1.54, 1.807) is 42.2 Å². The van der Waals surface area contributed by atoms with Crippen LogP contribution in [-0.4, -0.2) is 77.0 Å². The number of rotatable bonds is 10. The van der Waals surface area contributed by atoms with Gasteiger partial charge in [-0.2, -0.15) is 0 Å². The second-order valence-electron chi connectivity index (χ2n) is 12.7. The van der Waals surface area contributed by atoms with Crippen LogP contribution in [0.25, 0.3) is 0 Å². The number of piperidine rings is 1. The SMILES string of the molecule is CC(=N)N1C(=N)[C@H](CC(=O)NCCCCNc2ccc3c(c2)C(=O)N(C2CCC(=O)NC2=O)C3=O)N=C(c2ccc(Cl)cc2)c2c1sc(C)c2C. The maximum atomic E-state index is 13.2. The largest absolute Gasteiger partial charge is 0.385 e. The van der Waals surface area contributed by atoms with Crippen LogP contribution in [0.5, 0.6) is 0 Å². The van der Waals surface area contributed by atoms with E-state index in [9.17, 15) is 24.0 Å². The summed E-state index contributed by atoms with van der Waals surface area (Å²) in [6.07, 6.45) is 1.41. The van der Waals surface area contributed by atoms with Crippen molar-refractivity contribution in [2.75, 3.05) is 23.3 Å². The summed E-state index contributed by atoms with van der Waals surface area (Å²) in [4.78, 5) is 71.6. The van der Waals surface area contributed by atoms with Crippen molar-refractivity contribution >= 4 is 80.5 Å². The standard InChI is InChI=1S/C36H37ClN8O5S/c1-18-19(2)51-36-30(18)31(21-6-8-22(37)9-7-21)42-26(32(39)44(36)20(3)38)17-29(47)41-15-5-4-14-40-23-10-11-24-25(16-23)35(50)45(34(24)49)27-12-13-28(46)43-33(27)48/h6-11,16,26-27,38-40H,4-5,12-15,17H2,1-3H3,(H,41,47)(H,43,46,48)/t26-,27?/m0/s1. The molecule has 4 heterocycles. The number of thiophene rings is 1. The summed E-state index contributed by atoms with van der Waals surface area (Å²) in [5.41, 5.74) is 4.36. The summed E-state index contributed by atoms with van der Waals surface area (Å²) in [5.74, 6) is -2.24. The lowest BCUT2D eigenvalue weighted by atomic mass is 9.99. The van der Waals surface area contributed by atoms with Crippen molar-refractivity contribution in [2.24, 2.45) is 4.99 Å². The molecule has 2 aromatic carbocycles. The molecule has 0 bridgehead atoms. The lowest BCUT2D eigenvalue weighted by Crippen LogP contribution is -2.54. The Hall–Kier alpha value is -5.21. The Bertz CT molecular complexity index is 2020. The smallest absolute Gasteiger partial charge is 0.262 e.